The molecule has 21 heavy (non-hydrogen) atoms. The van der Waals surface area contributed by atoms with Crippen LogP contribution in [0.25, 0.3) is 0 Å². The third-order valence-corrected chi connectivity index (χ3v) is 3.82. The van der Waals surface area contributed by atoms with Crippen LogP contribution in [0.4, 0.5) is 0 Å². The van der Waals surface area contributed by atoms with Crippen molar-refractivity contribution >= 4 is 34.8 Å². The van der Waals surface area contributed by atoms with Crippen LogP contribution in [-0.4, -0.2) is 40.3 Å². The summed E-state index contributed by atoms with van der Waals surface area (Å²) in [5.41, 5.74) is 7.48. The lowest BCUT2D eigenvalue weighted by Crippen LogP contribution is -2.24. The van der Waals surface area contributed by atoms with Crippen molar-refractivity contribution in [1.82, 2.24) is 19.7 Å². The summed E-state index contributed by atoms with van der Waals surface area (Å²) in [5, 5.41) is 5.63. The minimum absolute atomic E-state index is 0.409. The maximum Gasteiger partial charge on any atom is 0.0927 e. The van der Waals surface area contributed by atoms with Gasteiger partial charge in [0, 0.05) is 12.7 Å². The van der Waals surface area contributed by atoms with E-state index in [-0.39, 0.29) is 0 Å². The Balaban J connectivity index is 2.34. The van der Waals surface area contributed by atoms with Crippen molar-refractivity contribution in [3.63, 3.8) is 0 Å². The Morgan fingerprint density at radius 3 is 2.57 bits per heavy atom. The van der Waals surface area contributed by atoms with Crippen LogP contribution in [0.5, 0.6) is 0 Å². The number of nitrogens with zero attached hydrogens (tertiary/aromatic N) is 4. The molecule has 2 N–H and O–H groups in total. The van der Waals surface area contributed by atoms with Crippen LogP contribution in [0, 0.1) is 0 Å². The van der Waals surface area contributed by atoms with E-state index in [0.717, 1.165) is 6.54 Å². The summed E-state index contributed by atoms with van der Waals surface area (Å²) in [5.74, 6) is 0. The van der Waals surface area contributed by atoms with Gasteiger partial charge in [0.1, 0.15) is 0 Å². The van der Waals surface area contributed by atoms with Gasteiger partial charge in [-0.15, -0.1) is 0 Å². The van der Waals surface area contributed by atoms with E-state index in [4.69, 9.17) is 40.5 Å². The molecule has 0 saturated carbocycles. The molecular weight excluding hydrogens is 333 g/mol. The molecule has 0 aliphatic heterocycles. The molecule has 114 valence electrons. The van der Waals surface area contributed by atoms with E-state index in [0.29, 0.717) is 33.0 Å². The predicted octanol–water partition coefficient (Wildman–Crippen LogP) is 2.85. The predicted molar refractivity (Wildman–Crippen MR) is 86.1 cm³/mol. The van der Waals surface area contributed by atoms with Crippen molar-refractivity contribution in [3.8, 4) is 0 Å². The summed E-state index contributed by atoms with van der Waals surface area (Å²) < 4.78 is 1.78. The zero-order valence-electron chi connectivity index (χ0n) is 11.7. The van der Waals surface area contributed by atoms with E-state index in [1.165, 1.54) is 6.20 Å². The second-order valence-corrected chi connectivity index (χ2v) is 6.15. The van der Waals surface area contributed by atoms with Crippen molar-refractivity contribution in [3.05, 3.63) is 44.9 Å². The third kappa shape index (κ3) is 3.87. The summed E-state index contributed by atoms with van der Waals surface area (Å²) >= 11 is 18.2. The quantitative estimate of drug-likeness (QED) is 0.902. The Morgan fingerprint density at radius 1 is 1.24 bits per heavy atom. The summed E-state index contributed by atoms with van der Waals surface area (Å²) in [6.07, 6.45) is 3.09. The van der Waals surface area contributed by atoms with E-state index in [1.807, 2.05) is 14.1 Å². The first kappa shape index (κ1) is 16.5. The largest absolute Gasteiger partial charge is 0.318 e. The average molecular weight is 349 g/mol. The second kappa shape index (κ2) is 6.94. The Hall–Kier alpha value is -0.850. The summed E-state index contributed by atoms with van der Waals surface area (Å²) in [4.78, 5) is 6.27. The van der Waals surface area contributed by atoms with Crippen LogP contribution < -0.4 is 5.73 Å². The molecule has 0 saturated heterocycles. The first-order valence-electron chi connectivity index (χ1n) is 6.32. The number of hydrogen-bond acceptors (Lipinski definition) is 4. The monoisotopic (exact) mass is 347 g/mol. The van der Waals surface area contributed by atoms with Gasteiger partial charge in [0.2, 0.25) is 0 Å². The molecule has 0 amide bonds. The molecule has 0 aliphatic rings. The standard InChI is InChI=1S/C13H16Cl3N5/c1-20(2)3-4-21-13(10(16)7-19-21)11(17)12-9(15)5-8(14)6-18-12/h5-7,11H,3-4,17H2,1-2H3. The van der Waals surface area contributed by atoms with Crippen molar-refractivity contribution in [1.29, 1.82) is 0 Å². The van der Waals surface area contributed by atoms with Gasteiger partial charge < -0.3 is 10.6 Å². The molecule has 2 rings (SSSR count). The van der Waals surface area contributed by atoms with Crippen molar-refractivity contribution in [2.24, 2.45) is 5.73 Å². The highest BCUT2D eigenvalue weighted by atomic mass is 35.5. The van der Waals surface area contributed by atoms with Gasteiger partial charge >= 0.3 is 0 Å². The smallest absolute Gasteiger partial charge is 0.0927 e. The van der Waals surface area contributed by atoms with Gasteiger partial charge in [-0.1, -0.05) is 34.8 Å². The SMILES string of the molecule is CN(C)CCn1ncc(Cl)c1C(N)c1ncc(Cl)cc1Cl. The number of aromatic nitrogens is 3. The van der Waals surface area contributed by atoms with Crippen LogP contribution in [0.1, 0.15) is 17.4 Å². The number of halogens is 3. The van der Waals surface area contributed by atoms with Gasteiger partial charge in [-0.2, -0.15) is 5.10 Å². The molecule has 2 aromatic heterocycles. The number of hydrogen-bond donors (Lipinski definition) is 1. The van der Waals surface area contributed by atoms with E-state index < -0.39 is 6.04 Å². The lowest BCUT2D eigenvalue weighted by molar-refractivity contribution is 0.368. The normalized spacial score (nSPS) is 12.9. The van der Waals surface area contributed by atoms with Crippen LogP contribution in [-0.2, 0) is 6.54 Å². The molecule has 0 aliphatic carbocycles. The highest BCUT2D eigenvalue weighted by Gasteiger charge is 2.22. The first-order valence-corrected chi connectivity index (χ1v) is 7.46. The molecule has 0 aromatic carbocycles. The third-order valence-electron chi connectivity index (χ3n) is 3.02. The van der Waals surface area contributed by atoms with Gasteiger partial charge in [-0.05, 0) is 20.2 Å². The molecule has 0 fully saturated rings. The van der Waals surface area contributed by atoms with Gasteiger partial charge in [-0.3, -0.25) is 9.67 Å². The van der Waals surface area contributed by atoms with Crippen LogP contribution in [0.15, 0.2) is 18.5 Å². The minimum atomic E-state index is -0.563. The average Bonchev–Trinajstić information content (AvgIpc) is 2.77. The van der Waals surface area contributed by atoms with Gasteiger partial charge in [0.05, 0.1) is 45.2 Å². The van der Waals surface area contributed by atoms with Crippen LogP contribution >= 0.6 is 34.8 Å². The first-order chi connectivity index (χ1) is 9.90. The zero-order valence-corrected chi connectivity index (χ0v) is 14.0. The molecule has 8 heteroatoms. The summed E-state index contributed by atoms with van der Waals surface area (Å²) in [7, 11) is 3.98. The van der Waals surface area contributed by atoms with E-state index in [1.54, 1.807) is 16.9 Å². The number of likely N-dealkylation sites (N-methyl/N-ethyl adjacent to an activating group) is 1. The molecule has 0 bridgehead atoms. The minimum Gasteiger partial charge on any atom is -0.318 e. The number of pyridine rings is 1. The highest BCUT2D eigenvalue weighted by Crippen LogP contribution is 2.30. The summed E-state index contributed by atoms with van der Waals surface area (Å²) in [6.45, 7) is 1.49. The molecule has 1 atom stereocenters. The van der Waals surface area contributed by atoms with Gasteiger partial charge in [0.15, 0.2) is 0 Å². The molecule has 0 spiro atoms. The Morgan fingerprint density at radius 2 is 1.95 bits per heavy atom. The topological polar surface area (TPSA) is 60.0 Å². The van der Waals surface area contributed by atoms with Crippen molar-refractivity contribution in [2.45, 2.75) is 12.6 Å². The summed E-state index contributed by atoms with van der Waals surface area (Å²) in [6, 6.07) is 1.05. The highest BCUT2D eigenvalue weighted by molar-refractivity contribution is 6.35. The maximum absolute atomic E-state index is 6.27. The molecule has 2 aromatic rings. The van der Waals surface area contributed by atoms with E-state index in [9.17, 15) is 0 Å². The van der Waals surface area contributed by atoms with Gasteiger partial charge in [0.25, 0.3) is 0 Å². The van der Waals surface area contributed by atoms with E-state index >= 15 is 0 Å². The second-order valence-electron chi connectivity index (χ2n) is 4.90. The fourth-order valence-corrected chi connectivity index (χ4v) is 2.69. The van der Waals surface area contributed by atoms with Gasteiger partial charge in [-0.25, -0.2) is 0 Å². The fraction of sp³-hybridized carbons (Fsp3) is 0.385. The Kier molecular flexibility index (Phi) is 5.46. The lowest BCUT2D eigenvalue weighted by atomic mass is 10.1. The number of rotatable bonds is 5. The number of nitrogens with two attached hydrogens (primary N) is 1. The molecular formula is C13H16Cl3N5. The molecule has 1 unspecified atom stereocenters. The fourth-order valence-electron chi connectivity index (χ4n) is 1.94. The zero-order chi connectivity index (χ0) is 15.6. The van der Waals surface area contributed by atoms with Crippen LogP contribution in [0.3, 0.4) is 0 Å². The molecule has 2 heterocycles. The Bertz CT molecular complexity index is 626. The van der Waals surface area contributed by atoms with Crippen LogP contribution in [0.2, 0.25) is 15.1 Å². The van der Waals surface area contributed by atoms with Crippen molar-refractivity contribution in [2.75, 3.05) is 20.6 Å². The lowest BCUT2D eigenvalue weighted by Gasteiger charge is -2.17. The molecule has 5 nitrogen and oxygen atoms in total. The Labute approximate surface area is 138 Å². The van der Waals surface area contributed by atoms with E-state index in [2.05, 4.69) is 15.0 Å². The maximum atomic E-state index is 6.27. The van der Waals surface area contributed by atoms with Crippen molar-refractivity contribution < 1.29 is 0 Å². The molecule has 0 radical (unpaired) electrons.